The number of aryl methyl sites for hydroxylation is 1. The normalized spacial score (nSPS) is 14.7. The molecule has 0 unspecified atom stereocenters. The summed E-state index contributed by atoms with van der Waals surface area (Å²) >= 11 is 6.05. The van der Waals surface area contributed by atoms with Gasteiger partial charge in [0.2, 0.25) is 5.91 Å². The van der Waals surface area contributed by atoms with Gasteiger partial charge < -0.3 is 15.5 Å². The van der Waals surface area contributed by atoms with Crippen LogP contribution in [0.5, 0.6) is 0 Å². The summed E-state index contributed by atoms with van der Waals surface area (Å²) in [6.45, 7) is 3.16. The van der Waals surface area contributed by atoms with Crippen molar-refractivity contribution in [1.29, 1.82) is 0 Å². The summed E-state index contributed by atoms with van der Waals surface area (Å²) in [7, 11) is 0. The number of nitrogens with two attached hydrogens (primary N) is 1. The van der Waals surface area contributed by atoms with Crippen LogP contribution in [0.3, 0.4) is 0 Å². The predicted octanol–water partition coefficient (Wildman–Crippen LogP) is 3.20. The fraction of sp³-hybridized carbons (Fsp3) is 0.316. The van der Waals surface area contributed by atoms with Crippen molar-refractivity contribution in [2.45, 2.75) is 12.8 Å². The van der Waals surface area contributed by atoms with Crippen molar-refractivity contribution in [3.63, 3.8) is 0 Å². The van der Waals surface area contributed by atoms with E-state index in [1.807, 2.05) is 47.4 Å². The Bertz CT molecular complexity index is 711. The minimum absolute atomic E-state index is 0.198. The third kappa shape index (κ3) is 4.01. The van der Waals surface area contributed by atoms with Crippen LogP contribution in [0.1, 0.15) is 12.0 Å². The summed E-state index contributed by atoms with van der Waals surface area (Å²) in [5.41, 5.74) is 8.86. The minimum atomic E-state index is 0.198. The van der Waals surface area contributed by atoms with Crippen molar-refractivity contribution in [3.8, 4) is 0 Å². The van der Waals surface area contributed by atoms with Gasteiger partial charge in [-0.05, 0) is 36.2 Å². The Morgan fingerprint density at radius 1 is 1.04 bits per heavy atom. The van der Waals surface area contributed by atoms with Gasteiger partial charge in [0.25, 0.3) is 0 Å². The number of nitrogen functional groups attached to an aromatic ring is 1. The second-order valence-electron chi connectivity index (χ2n) is 6.05. The quantitative estimate of drug-likeness (QED) is 0.867. The molecule has 4 nitrogen and oxygen atoms in total. The number of piperazine rings is 1. The highest BCUT2D eigenvalue weighted by molar-refractivity contribution is 6.30. The zero-order chi connectivity index (χ0) is 16.9. The number of benzene rings is 2. The van der Waals surface area contributed by atoms with Gasteiger partial charge in [0.15, 0.2) is 0 Å². The van der Waals surface area contributed by atoms with Crippen LogP contribution in [0.25, 0.3) is 0 Å². The molecule has 5 heteroatoms. The van der Waals surface area contributed by atoms with Crippen molar-refractivity contribution in [2.24, 2.45) is 0 Å². The lowest BCUT2D eigenvalue weighted by Crippen LogP contribution is -2.48. The van der Waals surface area contributed by atoms with Crippen LogP contribution in [0, 0.1) is 0 Å². The van der Waals surface area contributed by atoms with Crippen LogP contribution >= 0.6 is 11.6 Å². The van der Waals surface area contributed by atoms with Crippen LogP contribution in [-0.4, -0.2) is 37.0 Å². The van der Waals surface area contributed by atoms with Gasteiger partial charge in [0, 0.05) is 49.0 Å². The van der Waals surface area contributed by atoms with E-state index in [4.69, 9.17) is 17.3 Å². The van der Waals surface area contributed by atoms with Gasteiger partial charge in [-0.25, -0.2) is 0 Å². The molecule has 0 radical (unpaired) electrons. The number of hydrogen-bond acceptors (Lipinski definition) is 3. The number of para-hydroxylation sites is 1. The lowest BCUT2D eigenvalue weighted by atomic mass is 10.1. The van der Waals surface area contributed by atoms with E-state index in [9.17, 15) is 4.79 Å². The second kappa shape index (κ2) is 7.58. The van der Waals surface area contributed by atoms with E-state index in [1.54, 1.807) is 0 Å². The molecular weight excluding hydrogens is 322 g/mol. The molecule has 24 heavy (non-hydrogen) atoms. The standard InChI is InChI=1S/C19H22ClN3O/c20-16-5-3-6-17(14-16)22-10-12-23(13-11-22)19(24)9-8-15-4-1-2-7-18(15)21/h1-7,14H,8-13,21H2. The number of rotatable bonds is 4. The monoisotopic (exact) mass is 343 g/mol. The maximum atomic E-state index is 12.4. The van der Waals surface area contributed by atoms with Crippen molar-refractivity contribution in [3.05, 3.63) is 59.1 Å². The molecule has 1 heterocycles. The SMILES string of the molecule is Nc1ccccc1CCC(=O)N1CCN(c2cccc(Cl)c2)CC1. The Morgan fingerprint density at radius 3 is 2.50 bits per heavy atom. The first-order chi connectivity index (χ1) is 11.6. The maximum absolute atomic E-state index is 12.4. The van der Waals surface area contributed by atoms with Crippen molar-refractivity contribution in [2.75, 3.05) is 36.8 Å². The van der Waals surface area contributed by atoms with E-state index in [0.29, 0.717) is 12.8 Å². The number of nitrogens with zero attached hydrogens (tertiary/aromatic N) is 2. The summed E-state index contributed by atoms with van der Waals surface area (Å²) in [5.74, 6) is 0.198. The molecule has 2 N–H and O–H groups in total. The number of anilines is 2. The molecule has 1 amide bonds. The van der Waals surface area contributed by atoms with E-state index in [-0.39, 0.29) is 5.91 Å². The van der Waals surface area contributed by atoms with Gasteiger partial charge in [0.05, 0.1) is 0 Å². The molecule has 126 valence electrons. The van der Waals surface area contributed by atoms with Crippen molar-refractivity contribution >= 4 is 28.9 Å². The first-order valence-corrected chi connectivity index (χ1v) is 8.63. The molecular formula is C19H22ClN3O. The average Bonchev–Trinajstić information content (AvgIpc) is 2.61. The van der Waals surface area contributed by atoms with Gasteiger partial charge in [-0.2, -0.15) is 0 Å². The zero-order valence-corrected chi connectivity index (χ0v) is 14.4. The topological polar surface area (TPSA) is 49.6 Å². The maximum Gasteiger partial charge on any atom is 0.223 e. The van der Waals surface area contributed by atoms with Gasteiger partial charge in [0.1, 0.15) is 0 Å². The molecule has 0 saturated carbocycles. The molecule has 0 atom stereocenters. The number of halogens is 1. The van der Waals surface area contributed by atoms with Gasteiger partial charge in [-0.1, -0.05) is 35.9 Å². The fourth-order valence-electron chi connectivity index (χ4n) is 3.05. The Morgan fingerprint density at radius 2 is 1.79 bits per heavy atom. The number of amides is 1. The lowest BCUT2D eigenvalue weighted by molar-refractivity contribution is -0.131. The molecule has 3 rings (SSSR count). The van der Waals surface area contributed by atoms with E-state index >= 15 is 0 Å². The van der Waals surface area contributed by atoms with Gasteiger partial charge >= 0.3 is 0 Å². The molecule has 0 spiro atoms. The van der Waals surface area contributed by atoms with Crippen LogP contribution in [0.4, 0.5) is 11.4 Å². The van der Waals surface area contributed by atoms with Crippen molar-refractivity contribution < 1.29 is 4.79 Å². The summed E-state index contributed by atoms with van der Waals surface area (Å²) in [4.78, 5) is 16.6. The number of hydrogen-bond donors (Lipinski definition) is 1. The van der Waals surface area contributed by atoms with E-state index in [2.05, 4.69) is 11.0 Å². The van der Waals surface area contributed by atoms with E-state index in [0.717, 1.165) is 48.1 Å². The largest absolute Gasteiger partial charge is 0.399 e. The molecule has 2 aromatic carbocycles. The zero-order valence-electron chi connectivity index (χ0n) is 13.6. The molecule has 0 aliphatic carbocycles. The fourth-order valence-corrected chi connectivity index (χ4v) is 3.23. The summed E-state index contributed by atoms with van der Waals surface area (Å²) in [6, 6.07) is 15.6. The highest BCUT2D eigenvalue weighted by Gasteiger charge is 2.21. The minimum Gasteiger partial charge on any atom is -0.399 e. The molecule has 0 bridgehead atoms. The molecule has 1 aliphatic rings. The Balaban J connectivity index is 1.51. The number of carbonyl (C=O) groups is 1. The second-order valence-corrected chi connectivity index (χ2v) is 6.48. The summed E-state index contributed by atoms with van der Waals surface area (Å²) in [6.07, 6.45) is 1.20. The first-order valence-electron chi connectivity index (χ1n) is 8.25. The highest BCUT2D eigenvalue weighted by Crippen LogP contribution is 2.21. The molecule has 0 aromatic heterocycles. The van der Waals surface area contributed by atoms with Crippen LogP contribution in [0.15, 0.2) is 48.5 Å². The third-order valence-electron chi connectivity index (χ3n) is 4.47. The highest BCUT2D eigenvalue weighted by atomic mass is 35.5. The van der Waals surface area contributed by atoms with Crippen molar-refractivity contribution in [1.82, 2.24) is 4.90 Å². The Kier molecular flexibility index (Phi) is 5.26. The predicted molar refractivity (Wildman–Crippen MR) is 99.4 cm³/mol. The Hall–Kier alpha value is -2.20. The first kappa shape index (κ1) is 16.7. The average molecular weight is 344 g/mol. The van der Waals surface area contributed by atoms with Gasteiger partial charge in [-0.3, -0.25) is 4.79 Å². The van der Waals surface area contributed by atoms with Crippen LogP contribution in [0.2, 0.25) is 5.02 Å². The summed E-state index contributed by atoms with van der Waals surface area (Å²) in [5, 5.41) is 0.742. The third-order valence-corrected chi connectivity index (χ3v) is 4.70. The molecule has 1 fully saturated rings. The molecule has 1 saturated heterocycles. The smallest absolute Gasteiger partial charge is 0.223 e. The molecule has 2 aromatic rings. The van der Waals surface area contributed by atoms with E-state index < -0.39 is 0 Å². The number of carbonyl (C=O) groups excluding carboxylic acids is 1. The Labute approximate surface area is 147 Å². The van der Waals surface area contributed by atoms with Gasteiger partial charge in [-0.15, -0.1) is 0 Å². The lowest BCUT2D eigenvalue weighted by Gasteiger charge is -2.36. The molecule has 1 aliphatic heterocycles. The van der Waals surface area contributed by atoms with Crippen LogP contribution < -0.4 is 10.6 Å². The van der Waals surface area contributed by atoms with Crippen LogP contribution in [-0.2, 0) is 11.2 Å². The summed E-state index contributed by atoms with van der Waals surface area (Å²) < 4.78 is 0. The van der Waals surface area contributed by atoms with E-state index in [1.165, 1.54) is 0 Å².